The van der Waals surface area contributed by atoms with Crippen molar-refractivity contribution in [3.63, 3.8) is 0 Å². The van der Waals surface area contributed by atoms with Crippen LogP contribution in [0.4, 0.5) is 21.6 Å². The fraction of sp³-hybridized carbons (Fsp3) is 0.385. The molecule has 1 aliphatic heterocycles. The molecule has 1 saturated heterocycles. The summed E-state index contributed by atoms with van der Waals surface area (Å²) < 4.78 is 45.3. The molecule has 1 aliphatic rings. The van der Waals surface area contributed by atoms with E-state index in [-0.39, 0.29) is 36.2 Å². The Morgan fingerprint density at radius 3 is 2.66 bits per heavy atom. The molecule has 15 heteroatoms. The maximum Gasteiger partial charge on any atom is 0.257 e. The number of hydrogen-bond donors (Lipinski definition) is 3. The second-order valence-corrected chi connectivity index (χ2v) is 11.9. The summed E-state index contributed by atoms with van der Waals surface area (Å²) in [4.78, 5) is 21.3. The van der Waals surface area contributed by atoms with Gasteiger partial charge in [-0.15, -0.1) is 10.2 Å². The molecular weight excluding hydrogens is 575 g/mol. The van der Waals surface area contributed by atoms with Gasteiger partial charge in [0.1, 0.15) is 23.9 Å². The molecule has 0 unspecified atom stereocenters. The van der Waals surface area contributed by atoms with Gasteiger partial charge in [-0.1, -0.05) is 11.6 Å². The highest BCUT2D eigenvalue weighted by atomic mass is 35.5. The summed E-state index contributed by atoms with van der Waals surface area (Å²) >= 11 is 6.06. The third-order valence-corrected chi connectivity index (χ3v) is 7.19. The molecule has 1 fully saturated rings. The molecule has 0 bridgehead atoms. The minimum absolute atomic E-state index is 0.00416. The lowest BCUT2D eigenvalue weighted by molar-refractivity contribution is -0.116. The average Bonchev–Trinajstić information content (AvgIpc) is 2.92. The molecular formula is C26H32ClFN8O4S. The maximum absolute atomic E-state index is 14.6. The van der Waals surface area contributed by atoms with Crippen LogP contribution in [0.5, 0.6) is 5.88 Å². The molecule has 3 N–H and O–H groups in total. The summed E-state index contributed by atoms with van der Waals surface area (Å²) in [6, 6.07) is 8.95. The Balaban J connectivity index is 1.48. The third kappa shape index (κ3) is 9.57. The monoisotopic (exact) mass is 606 g/mol. The fourth-order valence-corrected chi connectivity index (χ4v) is 4.67. The molecule has 0 spiro atoms. The van der Waals surface area contributed by atoms with Crippen molar-refractivity contribution in [2.45, 2.75) is 6.42 Å². The number of nitrogens with one attached hydrogen (secondary N) is 3. The molecule has 12 nitrogen and oxygen atoms in total. The van der Waals surface area contributed by atoms with E-state index in [1.807, 2.05) is 0 Å². The largest absolute Gasteiger partial charge is 0.474 e. The normalized spacial score (nSPS) is 14.5. The molecule has 1 amide bonds. The third-order valence-electron chi connectivity index (χ3n) is 6.23. The first-order chi connectivity index (χ1) is 19.6. The van der Waals surface area contributed by atoms with E-state index < -0.39 is 15.8 Å². The number of likely N-dealkylation sites (N-methyl/N-ethyl adjacent to an activating group) is 1. The highest BCUT2D eigenvalue weighted by Crippen LogP contribution is 2.32. The zero-order valence-corrected chi connectivity index (χ0v) is 24.3. The molecule has 41 heavy (non-hydrogen) atoms. The van der Waals surface area contributed by atoms with Crippen LogP contribution in [-0.2, 0) is 14.8 Å². The minimum atomic E-state index is -3.40. The van der Waals surface area contributed by atoms with Crippen molar-refractivity contribution in [1.29, 1.82) is 0 Å². The van der Waals surface area contributed by atoms with Crippen molar-refractivity contribution in [2.24, 2.45) is 0 Å². The lowest BCUT2D eigenvalue weighted by atomic mass is 10.1. The molecule has 3 heterocycles. The van der Waals surface area contributed by atoms with Crippen LogP contribution in [-0.4, -0.2) is 98.5 Å². The number of benzene rings is 1. The minimum Gasteiger partial charge on any atom is -0.474 e. The van der Waals surface area contributed by atoms with Gasteiger partial charge in [0.25, 0.3) is 5.88 Å². The Morgan fingerprint density at radius 2 is 1.90 bits per heavy atom. The van der Waals surface area contributed by atoms with E-state index in [9.17, 15) is 17.6 Å². The van der Waals surface area contributed by atoms with E-state index in [1.54, 1.807) is 12.1 Å². The predicted octanol–water partition coefficient (Wildman–Crippen LogP) is 2.58. The van der Waals surface area contributed by atoms with Crippen molar-refractivity contribution in [3.8, 4) is 17.1 Å². The Bertz CT molecular complexity index is 1470. The lowest BCUT2D eigenvalue weighted by Crippen LogP contribution is -2.45. The molecule has 0 saturated carbocycles. The highest BCUT2D eigenvalue weighted by molar-refractivity contribution is 7.88. The summed E-state index contributed by atoms with van der Waals surface area (Å²) in [5.41, 5.74) is 1.20. The quantitative estimate of drug-likeness (QED) is 0.263. The van der Waals surface area contributed by atoms with Crippen molar-refractivity contribution in [2.75, 3.05) is 69.8 Å². The van der Waals surface area contributed by atoms with Crippen LogP contribution in [0.1, 0.15) is 6.42 Å². The van der Waals surface area contributed by atoms with Crippen molar-refractivity contribution in [3.05, 3.63) is 53.4 Å². The smallest absolute Gasteiger partial charge is 0.257 e. The standard InChI is InChI=1S/C26H32ClFN8O4S/c1-35-10-12-36(13-11-35)9-6-25(37)32-24-16-19(5-7-29-24)31-23-17-22(20-15-18(27)3-4-21(20)28)33-34-26(23)40-14-8-30-41(2,38)39/h3-5,7,15-17,30H,6,8-14H2,1-2H3,(H2,29,31,32,33,37). The molecule has 0 aliphatic carbocycles. The fourth-order valence-electron chi connectivity index (χ4n) is 4.05. The van der Waals surface area contributed by atoms with Gasteiger partial charge in [0, 0.05) is 74.2 Å². The SMILES string of the molecule is CN1CCN(CCC(=O)Nc2cc(Nc3cc(-c4cc(Cl)ccc4F)nnc3OCCNS(C)(=O)=O)ccn2)CC1. The molecule has 2 aromatic heterocycles. The first kappa shape index (κ1) is 30.5. The Kier molecular flexibility index (Phi) is 10.4. The lowest BCUT2D eigenvalue weighted by Gasteiger charge is -2.32. The van der Waals surface area contributed by atoms with Crippen LogP contribution in [0, 0.1) is 5.82 Å². The van der Waals surface area contributed by atoms with Crippen molar-refractivity contribution in [1.82, 2.24) is 29.7 Å². The predicted molar refractivity (Wildman–Crippen MR) is 155 cm³/mol. The Hall–Kier alpha value is -3.43. The number of piperazine rings is 1. The van der Waals surface area contributed by atoms with Crippen molar-refractivity contribution >= 4 is 44.7 Å². The summed E-state index contributed by atoms with van der Waals surface area (Å²) in [5, 5.41) is 14.5. The number of sulfonamides is 1. The van der Waals surface area contributed by atoms with E-state index in [2.05, 4.69) is 47.4 Å². The van der Waals surface area contributed by atoms with Gasteiger partial charge < -0.3 is 25.2 Å². The molecule has 220 valence electrons. The average molecular weight is 607 g/mol. The summed E-state index contributed by atoms with van der Waals surface area (Å²) in [6.45, 7) is 4.45. The second kappa shape index (κ2) is 14.0. The van der Waals surface area contributed by atoms with Crippen LogP contribution >= 0.6 is 11.6 Å². The molecule has 0 radical (unpaired) electrons. The first-order valence-electron chi connectivity index (χ1n) is 12.9. The van der Waals surface area contributed by atoms with Crippen LogP contribution in [0.3, 0.4) is 0 Å². The number of pyridine rings is 1. The number of carbonyl (C=O) groups excluding carboxylic acids is 1. The number of carbonyl (C=O) groups is 1. The van der Waals surface area contributed by atoms with Crippen LogP contribution in [0.25, 0.3) is 11.3 Å². The number of aromatic nitrogens is 3. The zero-order valence-electron chi connectivity index (χ0n) is 22.7. The van der Waals surface area contributed by atoms with Gasteiger partial charge >= 0.3 is 0 Å². The number of nitrogens with zero attached hydrogens (tertiary/aromatic N) is 5. The van der Waals surface area contributed by atoms with Gasteiger partial charge in [-0.2, -0.15) is 0 Å². The van der Waals surface area contributed by atoms with Gasteiger partial charge in [0.2, 0.25) is 15.9 Å². The number of amides is 1. The van der Waals surface area contributed by atoms with Crippen molar-refractivity contribution < 1.29 is 22.3 Å². The van der Waals surface area contributed by atoms with Gasteiger partial charge in [-0.25, -0.2) is 22.5 Å². The molecule has 4 rings (SSSR count). The summed E-state index contributed by atoms with van der Waals surface area (Å²) in [5.74, 6) is -0.284. The summed E-state index contributed by atoms with van der Waals surface area (Å²) in [6.07, 6.45) is 2.91. The van der Waals surface area contributed by atoms with Gasteiger partial charge in [-0.3, -0.25) is 4.79 Å². The number of halogens is 2. The van der Waals surface area contributed by atoms with E-state index in [0.29, 0.717) is 35.2 Å². The van der Waals surface area contributed by atoms with Crippen LogP contribution < -0.4 is 20.1 Å². The zero-order chi connectivity index (χ0) is 29.4. The second-order valence-electron chi connectivity index (χ2n) is 9.59. The van der Waals surface area contributed by atoms with E-state index in [0.717, 1.165) is 32.4 Å². The van der Waals surface area contributed by atoms with Gasteiger partial charge in [0.05, 0.1) is 11.9 Å². The first-order valence-corrected chi connectivity index (χ1v) is 15.2. The van der Waals surface area contributed by atoms with Gasteiger partial charge in [-0.05, 0) is 37.4 Å². The Labute approximate surface area is 243 Å². The number of rotatable bonds is 12. The number of anilines is 3. The summed E-state index contributed by atoms with van der Waals surface area (Å²) in [7, 11) is -1.31. The van der Waals surface area contributed by atoms with E-state index in [1.165, 1.54) is 30.5 Å². The Morgan fingerprint density at radius 1 is 1.12 bits per heavy atom. The molecule has 3 aromatic rings. The number of ether oxygens (including phenoxy) is 1. The number of hydrogen-bond acceptors (Lipinski definition) is 10. The van der Waals surface area contributed by atoms with E-state index >= 15 is 0 Å². The van der Waals surface area contributed by atoms with Crippen LogP contribution in [0.15, 0.2) is 42.6 Å². The van der Waals surface area contributed by atoms with Gasteiger partial charge in [0.15, 0.2) is 0 Å². The molecule has 0 atom stereocenters. The molecule has 1 aromatic carbocycles. The van der Waals surface area contributed by atoms with Crippen LogP contribution in [0.2, 0.25) is 5.02 Å². The highest BCUT2D eigenvalue weighted by Gasteiger charge is 2.17. The topological polar surface area (TPSA) is 142 Å². The van der Waals surface area contributed by atoms with E-state index in [4.69, 9.17) is 16.3 Å². The maximum atomic E-state index is 14.6.